The molecule has 2 N–H and O–H groups in total. The number of rotatable bonds is 6. The molecule has 0 fully saturated rings. The monoisotopic (exact) mass is 693 g/mol. The zero-order chi connectivity index (χ0) is 36.0. The normalized spacial score (nSPS) is 13.2. The third-order valence-corrected chi connectivity index (χ3v) is 9.98. The molecule has 0 unspecified atom stereocenters. The molecule has 2 aromatic heterocycles. The highest BCUT2D eigenvalue weighted by atomic mass is 16.3. The zero-order valence-corrected chi connectivity index (χ0v) is 29.0. The van der Waals surface area contributed by atoms with E-state index >= 15 is 0 Å². The Balaban J connectivity index is 1.17. The first-order valence-electron chi connectivity index (χ1n) is 17.9. The number of hydrogen-bond acceptors (Lipinski definition) is 6. The summed E-state index contributed by atoms with van der Waals surface area (Å²) in [5, 5.41) is 17.8. The van der Waals surface area contributed by atoms with Crippen LogP contribution in [0.5, 0.6) is 0 Å². The minimum atomic E-state index is 0.340. The molecule has 1 aliphatic carbocycles. The van der Waals surface area contributed by atoms with Gasteiger partial charge in [-0.15, -0.1) is 0 Å². The molecule has 6 nitrogen and oxygen atoms in total. The molecule has 10 rings (SSSR count). The van der Waals surface area contributed by atoms with Crippen molar-refractivity contribution in [3.63, 3.8) is 0 Å². The van der Waals surface area contributed by atoms with Crippen molar-refractivity contribution in [2.45, 2.75) is 0 Å². The van der Waals surface area contributed by atoms with Crippen molar-refractivity contribution in [3.8, 4) is 45.0 Å². The van der Waals surface area contributed by atoms with Crippen molar-refractivity contribution in [2.75, 3.05) is 5.43 Å². The predicted octanol–water partition coefficient (Wildman–Crippen LogP) is 12.1. The smallest absolute Gasteiger partial charge is 0.160 e. The highest BCUT2D eigenvalue weighted by molar-refractivity contribution is 6.55. The van der Waals surface area contributed by atoms with E-state index in [0.717, 1.165) is 88.7 Å². The Morgan fingerprint density at radius 3 is 2.15 bits per heavy atom. The predicted molar refractivity (Wildman–Crippen MR) is 222 cm³/mol. The van der Waals surface area contributed by atoms with E-state index in [1.54, 1.807) is 6.08 Å². The minimum Gasteiger partial charge on any atom is -0.455 e. The van der Waals surface area contributed by atoms with E-state index in [9.17, 15) is 0 Å². The van der Waals surface area contributed by atoms with Gasteiger partial charge in [0.05, 0.1) is 22.8 Å². The number of nitrogens with one attached hydrogen (secondary N) is 2. The van der Waals surface area contributed by atoms with Crippen LogP contribution in [-0.2, 0) is 0 Å². The summed E-state index contributed by atoms with van der Waals surface area (Å²) < 4.78 is 6.50. The van der Waals surface area contributed by atoms with Crippen LogP contribution in [-0.4, -0.2) is 21.4 Å². The van der Waals surface area contributed by atoms with Gasteiger partial charge in [-0.3, -0.25) is 10.8 Å². The Morgan fingerprint density at radius 1 is 0.537 bits per heavy atom. The molecule has 0 saturated carbocycles. The van der Waals surface area contributed by atoms with Gasteiger partial charge in [0.25, 0.3) is 0 Å². The van der Waals surface area contributed by atoms with Crippen molar-refractivity contribution in [3.05, 3.63) is 181 Å². The molecule has 0 saturated heterocycles. The van der Waals surface area contributed by atoms with Gasteiger partial charge in [-0.25, -0.2) is 9.97 Å². The van der Waals surface area contributed by atoms with Crippen molar-refractivity contribution in [1.82, 2.24) is 9.97 Å². The fraction of sp³-hybridized carbons (Fsp3) is 0. The molecule has 7 aromatic carbocycles. The van der Waals surface area contributed by atoms with Crippen LogP contribution in [0.25, 0.3) is 83.8 Å². The first kappa shape index (κ1) is 31.3. The average Bonchev–Trinajstić information content (AvgIpc) is 3.63. The minimum absolute atomic E-state index is 0.340. The van der Waals surface area contributed by atoms with E-state index in [1.807, 2.05) is 60.7 Å². The number of benzene rings is 7. The summed E-state index contributed by atoms with van der Waals surface area (Å²) in [6.07, 6.45) is 3.79. The standard InChI is InChI=1S/C48H31N5O/c49-41-26-25-32-23-21-31-22-24-34(28-40(31)45(32)46(41)53-52-36-15-5-2-6-16-36)42-29-43(39-19-10-18-38-37-17-7-8-20-44(37)54-47(38)39)51-48(50-42)35-14-9-13-33(27-35)30-11-3-1-4-12-30/h1-29,49,52H/b49-41?,53-46+. The van der Waals surface area contributed by atoms with Crippen LogP contribution in [0.15, 0.2) is 179 Å². The Labute approximate surface area is 311 Å². The van der Waals surface area contributed by atoms with E-state index < -0.39 is 0 Å². The summed E-state index contributed by atoms with van der Waals surface area (Å²) in [7, 11) is 0. The number of fused-ring (bicyclic) bond motifs is 6. The van der Waals surface area contributed by atoms with Crippen molar-refractivity contribution < 1.29 is 4.42 Å². The first-order valence-corrected chi connectivity index (χ1v) is 17.9. The fourth-order valence-electron chi connectivity index (χ4n) is 7.31. The van der Waals surface area contributed by atoms with Gasteiger partial charge >= 0.3 is 0 Å². The number of furan rings is 1. The zero-order valence-electron chi connectivity index (χ0n) is 29.0. The van der Waals surface area contributed by atoms with Crippen molar-refractivity contribution in [1.29, 1.82) is 5.41 Å². The number of para-hydroxylation sites is 3. The van der Waals surface area contributed by atoms with Crippen LogP contribution in [0.2, 0.25) is 0 Å². The van der Waals surface area contributed by atoms with Gasteiger partial charge < -0.3 is 4.42 Å². The number of hydrogen-bond donors (Lipinski definition) is 2. The molecule has 2 heterocycles. The molecule has 0 amide bonds. The van der Waals surface area contributed by atoms with Crippen molar-refractivity contribution >= 4 is 55.9 Å². The highest BCUT2D eigenvalue weighted by Crippen LogP contribution is 2.38. The maximum absolute atomic E-state index is 8.88. The SMILES string of the molecule is N=C1C=Cc2ccc3ccc(-c4cc(-c5cccc6c5oc5ccccc56)nc(-c5cccc(-c6ccccc6)c5)n4)cc3c2/C1=N/Nc1ccccc1. The molecule has 9 aromatic rings. The second kappa shape index (κ2) is 13.0. The summed E-state index contributed by atoms with van der Waals surface area (Å²) in [6, 6.07) is 55.5. The largest absolute Gasteiger partial charge is 0.455 e. The lowest BCUT2D eigenvalue weighted by molar-refractivity contribution is 0.670. The van der Waals surface area contributed by atoms with Gasteiger partial charge in [0.15, 0.2) is 5.82 Å². The molecule has 0 aliphatic heterocycles. The lowest BCUT2D eigenvalue weighted by atomic mass is 9.88. The summed E-state index contributed by atoms with van der Waals surface area (Å²) in [5.74, 6) is 0.614. The lowest BCUT2D eigenvalue weighted by Gasteiger charge is -2.18. The maximum Gasteiger partial charge on any atom is 0.160 e. The van der Waals surface area contributed by atoms with E-state index in [2.05, 4.69) is 115 Å². The maximum atomic E-state index is 8.88. The Hall–Kier alpha value is -7.44. The van der Waals surface area contributed by atoms with Crippen LogP contribution in [0.1, 0.15) is 11.1 Å². The third kappa shape index (κ3) is 5.54. The average molecular weight is 694 g/mol. The molecule has 254 valence electrons. The van der Waals surface area contributed by atoms with Gasteiger partial charge in [0, 0.05) is 33.0 Å². The second-order valence-electron chi connectivity index (χ2n) is 13.3. The van der Waals surface area contributed by atoms with Gasteiger partial charge in [-0.1, -0.05) is 127 Å². The lowest BCUT2D eigenvalue weighted by Crippen LogP contribution is -2.19. The summed E-state index contributed by atoms with van der Waals surface area (Å²) in [6.45, 7) is 0. The summed E-state index contributed by atoms with van der Waals surface area (Å²) in [4.78, 5) is 10.5. The van der Waals surface area contributed by atoms with Gasteiger partial charge in [-0.05, 0) is 76.0 Å². The van der Waals surface area contributed by atoms with E-state index in [1.165, 1.54) is 0 Å². The summed E-state index contributed by atoms with van der Waals surface area (Å²) >= 11 is 0. The molecule has 0 atom stereocenters. The molecule has 0 radical (unpaired) electrons. The molecule has 6 heteroatoms. The van der Waals surface area contributed by atoms with Gasteiger partial charge in [-0.2, -0.15) is 5.10 Å². The van der Waals surface area contributed by atoms with Gasteiger partial charge in [0.1, 0.15) is 16.9 Å². The second-order valence-corrected chi connectivity index (χ2v) is 13.3. The van der Waals surface area contributed by atoms with E-state index in [0.29, 0.717) is 17.2 Å². The van der Waals surface area contributed by atoms with Crippen LogP contribution < -0.4 is 5.43 Å². The van der Waals surface area contributed by atoms with E-state index in [-0.39, 0.29) is 0 Å². The van der Waals surface area contributed by atoms with Gasteiger partial charge in [0.2, 0.25) is 0 Å². The topological polar surface area (TPSA) is 87.2 Å². The molecule has 1 aliphatic rings. The fourth-order valence-corrected chi connectivity index (χ4v) is 7.31. The summed E-state index contributed by atoms with van der Waals surface area (Å²) in [5.41, 5.74) is 15.0. The molecular formula is C48H31N5O. The van der Waals surface area contributed by atoms with Crippen LogP contribution in [0, 0.1) is 5.41 Å². The first-order chi connectivity index (χ1) is 26.7. The van der Waals surface area contributed by atoms with Crippen molar-refractivity contribution in [2.24, 2.45) is 5.10 Å². The molecule has 0 spiro atoms. The van der Waals surface area contributed by atoms with Crippen LogP contribution in [0.4, 0.5) is 5.69 Å². The third-order valence-electron chi connectivity index (χ3n) is 9.98. The Morgan fingerprint density at radius 2 is 1.26 bits per heavy atom. The Bertz CT molecular complexity index is 2980. The van der Waals surface area contributed by atoms with E-state index in [4.69, 9.17) is 24.9 Å². The molecular weight excluding hydrogens is 663 g/mol. The number of hydrazone groups is 1. The Kier molecular flexibility index (Phi) is 7.51. The molecule has 0 bridgehead atoms. The van der Waals surface area contributed by atoms with Crippen LogP contribution >= 0.6 is 0 Å². The number of nitrogens with zero attached hydrogens (tertiary/aromatic N) is 3. The number of aromatic nitrogens is 2. The molecule has 54 heavy (non-hydrogen) atoms. The number of allylic oxidation sites excluding steroid dienone is 1. The number of anilines is 1. The highest BCUT2D eigenvalue weighted by Gasteiger charge is 2.21. The van der Waals surface area contributed by atoms with Crippen LogP contribution in [0.3, 0.4) is 0 Å². The quantitative estimate of drug-likeness (QED) is 0.170.